The molecule has 0 radical (unpaired) electrons. The van der Waals surface area contributed by atoms with E-state index in [4.69, 9.17) is 11.6 Å². The van der Waals surface area contributed by atoms with Gasteiger partial charge in [0.2, 0.25) is 0 Å². The number of halogens is 1. The van der Waals surface area contributed by atoms with Crippen molar-refractivity contribution in [1.82, 2.24) is 0 Å². The highest BCUT2D eigenvalue weighted by atomic mass is 35.5. The van der Waals surface area contributed by atoms with Crippen molar-refractivity contribution in [2.75, 3.05) is 0 Å². The molecule has 0 N–H and O–H groups in total. The molecule has 1 nitrogen and oxygen atoms in total. The highest BCUT2D eigenvalue weighted by Crippen LogP contribution is 2.16. The van der Waals surface area contributed by atoms with Crippen LogP contribution in [0.1, 0.15) is 69.4 Å². The van der Waals surface area contributed by atoms with E-state index in [1.807, 2.05) is 30.5 Å². The van der Waals surface area contributed by atoms with Crippen LogP contribution in [-0.4, -0.2) is 6.21 Å². The highest BCUT2D eigenvalue weighted by Gasteiger charge is 1.96. The van der Waals surface area contributed by atoms with E-state index in [-0.39, 0.29) is 0 Å². The Morgan fingerprint density at radius 2 is 1.36 bits per heavy atom. The third kappa shape index (κ3) is 8.36. The predicted octanol–water partition coefficient (Wildman–Crippen LogP) is 7.77. The maximum Gasteiger partial charge on any atom is 0.0630 e. The van der Waals surface area contributed by atoms with Crippen molar-refractivity contribution in [1.29, 1.82) is 0 Å². The summed E-state index contributed by atoms with van der Waals surface area (Å²) in [5.74, 6) is 0. The number of hydrogen-bond acceptors (Lipinski definition) is 1. The molecule has 25 heavy (non-hydrogen) atoms. The predicted molar refractivity (Wildman–Crippen MR) is 111 cm³/mol. The van der Waals surface area contributed by atoms with Crippen molar-refractivity contribution in [2.45, 2.75) is 64.7 Å². The Bertz CT molecular complexity index is 614. The standard InChI is InChI=1S/C23H30ClN/c1-2-3-4-5-6-7-8-9-10-20-13-17-23(18-14-20)25-19-21-11-15-22(24)16-12-21/h11-19H,2-10H2,1H3. The lowest BCUT2D eigenvalue weighted by Gasteiger charge is -2.03. The number of benzene rings is 2. The number of hydrogen-bond donors (Lipinski definition) is 0. The quantitative estimate of drug-likeness (QED) is 0.288. The van der Waals surface area contributed by atoms with Gasteiger partial charge in [-0.15, -0.1) is 0 Å². The normalized spacial score (nSPS) is 11.3. The Balaban J connectivity index is 1.66. The summed E-state index contributed by atoms with van der Waals surface area (Å²) in [5, 5.41) is 0.752. The van der Waals surface area contributed by atoms with Crippen LogP contribution in [0.3, 0.4) is 0 Å². The van der Waals surface area contributed by atoms with Crippen LogP contribution in [0.25, 0.3) is 0 Å². The zero-order valence-corrected chi connectivity index (χ0v) is 16.1. The molecule has 0 atom stereocenters. The molecular formula is C23H30ClN. The first-order valence-corrected chi connectivity index (χ1v) is 10.0. The Labute approximate surface area is 158 Å². The van der Waals surface area contributed by atoms with E-state index < -0.39 is 0 Å². The van der Waals surface area contributed by atoms with Gasteiger partial charge in [-0.2, -0.15) is 0 Å². The van der Waals surface area contributed by atoms with Crippen LogP contribution in [-0.2, 0) is 6.42 Å². The molecule has 2 heteroatoms. The summed E-state index contributed by atoms with van der Waals surface area (Å²) in [7, 11) is 0. The molecular weight excluding hydrogens is 326 g/mol. The van der Waals surface area contributed by atoms with E-state index in [0.29, 0.717) is 0 Å². The van der Waals surface area contributed by atoms with Gasteiger partial charge < -0.3 is 0 Å². The van der Waals surface area contributed by atoms with E-state index >= 15 is 0 Å². The number of nitrogens with zero attached hydrogens (tertiary/aromatic N) is 1. The lowest BCUT2D eigenvalue weighted by Crippen LogP contribution is -1.86. The molecule has 0 aliphatic rings. The summed E-state index contributed by atoms with van der Waals surface area (Å²) in [6.07, 6.45) is 14.0. The highest BCUT2D eigenvalue weighted by molar-refractivity contribution is 6.30. The van der Waals surface area contributed by atoms with Gasteiger partial charge in [-0.1, -0.05) is 87.7 Å². The maximum absolute atomic E-state index is 5.89. The topological polar surface area (TPSA) is 12.4 Å². The first kappa shape index (κ1) is 19.7. The summed E-state index contributed by atoms with van der Waals surface area (Å²) in [4.78, 5) is 4.52. The van der Waals surface area contributed by atoms with Gasteiger partial charge in [-0.05, 0) is 48.2 Å². The van der Waals surface area contributed by atoms with Gasteiger partial charge in [0.15, 0.2) is 0 Å². The first-order chi connectivity index (χ1) is 12.3. The van der Waals surface area contributed by atoms with Crippen molar-refractivity contribution in [3.8, 4) is 0 Å². The molecule has 134 valence electrons. The number of unbranched alkanes of at least 4 members (excludes halogenated alkanes) is 7. The molecule has 2 aromatic carbocycles. The molecule has 0 aliphatic heterocycles. The fourth-order valence-corrected chi connectivity index (χ4v) is 3.04. The lowest BCUT2D eigenvalue weighted by atomic mass is 10.0. The van der Waals surface area contributed by atoms with Gasteiger partial charge in [0.25, 0.3) is 0 Å². The van der Waals surface area contributed by atoms with Crippen LogP contribution < -0.4 is 0 Å². The van der Waals surface area contributed by atoms with Crippen LogP contribution >= 0.6 is 11.6 Å². The molecule has 0 aromatic heterocycles. The molecule has 0 bridgehead atoms. The Morgan fingerprint density at radius 3 is 2.00 bits per heavy atom. The van der Waals surface area contributed by atoms with Gasteiger partial charge in [-0.25, -0.2) is 0 Å². The molecule has 0 spiro atoms. The van der Waals surface area contributed by atoms with E-state index in [9.17, 15) is 0 Å². The molecule has 0 amide bonds. The van der Waals surface area contributed by atoms with E-state index in [1.165, 1.54) is 63.4 Å². The fraction of sp³-hybridized carbons (Fsp3) is 0.435. The zero-order valence-electron chi connectivity index (χ0n) is 15.4. The average Bonchev–Trinajstić information content (AvgIpc) is 2.64. The molecule has 2 rings (SSSR count). The van der Waals surface area contributed by atoms with Crippen molar-refractivity contribution in [2.24, 2.45) is 4.99 Å². The van der Waals surface area contributed by atoms with Gasteiger partial charge in [0, 0.05) is 11.2 Å². The molecule has 0 aliphatic carbocycles. The molecule has 0 heterocycles. The van der Waals surface area contributed by atoms with Gasteiger partial charge in [-0.3, -0.25) is 4.99 Å². The van der Waals surface area contributed by atoms with E-state index in [2.05, 4.69) is 36.2 Å². The molecule has 0 saturated carbocycles. The molecule has 0 fully saturated rings. The van der Waals surface area contributed by atoms with Crippen molar-refractivity contribution < 1.29 is 0 Å². The molecule has 0 saturated heterocycles. The van der Waals surface area contributed by atoms with Crippen LogP contribution in [0.5, 0.6) is 0 Å². The van der Waals surface area contributed by atoms with Crippen molar-refractivity contribution in [3.63, 3.8) is 0 Å². The van der Waals surface area contributed by atoms with Crippen LogP contribution in [0, 0.1) is 0 Å². The van der Waals surface area contributed by atoms with Gasteiger partial charge >= 0.3 is 0 Å². The number of aliphatic imine (C=N–C) groups is 1. The second-order valence-corrected chi connectivity index (χ2v) is 7.14. The number of aryl methyl sites for hydroxylation is 1. The largest absolute Gasteiger partial charge is 0.256 e. The Hall–Kier alpha value is -1.60. The average molecular weight is 356 g/mol. The second kappa shape index (κ2) is 11.9. The Kier molecular flexibility index (Phi) is 9.36. The lowest BCUT2D eigenvalue weighted by molar-refractivity contribution is 0.575. The van der Waals surface area contributed by atoms with E-state index in [1.54, 1.807) is 0 Å². The smallest absolute Gasteiger partial charge is 0.0630 e. The molecule has 2 aromatic rings. The summed E-state index contributed by atoms with van der Waals surface area (Å²) >= 11 is 5.89. The SMILES string of the molecule is CCCCCCCCCCc1ccc(N=Cc2ccc(Cl)cc2)cc1. The van der Waals surface area contributed by atoms with Crippen molar-refractivity contribution in [3.05, 3.63) is 64.7 Å². The minimum Gasteiger partial charge on any atom is -0.256 e. The van der Waals surface area contributed by atoms with Crippen LogP contribution in [0.15, 0.2) is 53.5 Å². The maximum atomic E-state index is 5.89. The van der Waals surface area contributed by atoms with Crippen molar-refractivity contribution >= 4 is 23.5 Å². The second-order valence-electron chi connectivity index (χ2n) is 6.70. The third-order valence-corrected chi connectivity index (χ3v) is 4.74. The minimum absolute atomic E-state index is 0.752. The summed E-state index contributed by atoms with van der Waals surface area (Å²) < 4.78 is 0. The van der Waals surface area contributed by atoms with Gasteiger partial charge in [0.05, 0.1) is 5.69 Å². The minimum atomic E-state index is 0.752. The first-order valence-electron chi connectivity index (χ1n) is 9.66. The van der Waals surface area contributed by atoms with E-state index in [0.717, 1.165) is 16.3 Å². The monoisotopic (exact) mass is 355 g/mol. The molecule has 0 unspecified atom stereocenters. The summed E-state index contributed by atoms with van der Waals surface area (Å²) in [6.45, 7) is 2.27. The van der Waals surface area contributed by atoms with Gasteiger partial charge in [0.1, 0.15) is 0 Å². The Morgan fingerprint density at radius 1 is 0.760 bits per heavy atom. The third-order valence-electron chi connectivity index (χ3n) is 4.49. The van der Waals surface area contributed by atoms with Crippen LogP contribution in [0.4, 0.5) is 5.69 Å². The fourth-order valence-electron chi connectivity index (χ4n) is 2.91. The summed E-state index contributed by atoms with van der Waals surface area (Å²) in [6, 6.07) is 16.3. The number of rotatable bonds is 11. The summed E-state index contributed by atoms with van der Waals surface area (Å²) in [5.41, 5.74) is 3.47. The zero-order chi connectivity index (χ0) is 17.7. The van der Waals surface area contributed by atoms with Crippen LogP contribution in [0.2, 0.25) is 5.02 Å².